The van der Waals surface area contributed by atoms with Crippen LogP contribution in [0.4, 0.5) is 18.9 Å². The van der Waals surface area contributed by atoms with Crippen LogP contribution in [0.3, 0.4) is 0 Å². The summed E-state index contributed by atoms with van der Waals surface area (Å²) in [5.41, 5.74) is 0.0747. The van der Waals surface area contributed by atoms with Gasteiger partial charge in [-0.05, 0) is 17.7 Å². The van der Waals surface area contributed by atoms with Gasteiger partial charge in [0, 0.05) is 24.6 Å². The predicted octanol–water partition coefficient (Wildman–Crippen LogP) is 2.80. The van der Waals surface area contributed by atoms with Crippen LogP contribution in [0.1, 0.15) is 23.5 Å². The van der Waals surface area contributed by atoms with Crippen LogP contribution >= 0.6 is 0 Å². The zero-order valence-corrected chi connectivity index (χ0v) is 8.34. The number of hydrogen-bond acceptors (Lipinski definition) is 2. The SMILES string of the molecule is O=CCC1CNc2cccc(C(F)(F)F)c21. The standard InChI is InChI=1S/C11H10F3NO/c12-11(13,14)8-2-1-3-9-10(8)7(4-5-16)6-15-9/h1-3,5,7,15H,4,6H2. The van der Waals surface area contributed by atoms with Gasteiger partial charge in [-0.15, -0.1) is 0 Å². The molecule has 0 aromatic heterocycles. The van der Waals surface area contributed by atoms with E-state index >= 15 is 0 Å². The van der Waals surface area contributed by atoms with E-state index in [1.54, 1.807) is 6.07 Å². The number of rotatable bonds is 2. The second kappa shape index (κ2) is 3.81. The quantitative estimate of drug-likeness (QED) is 0.790. The van der Waals surface area contributed by atoms with E-state index in [9.17, 15) is 18.0 Å². The summed E-state index contributed by atoms with van der Waals surface area (Å²) in [7, 11) is 0. The van der Waals surface area contributed by atoms with Gasteiger partial charge in [0.1, 0.15) is 6.29 Å². The Bertz CT molecular complexity index is 414. The van der Waals surface area contributed by atoms with Crippen molar-refractivity contribution < 1.29 is 18.0 Å². The molecule has 0 bridgehead atoms. The van der Waals surface area contributed by atoms with Gasteiger partial charge in [0.25, 0.3) is 0 Å². The van der Waals surface area contributed by atoms with Crippen LogP contribution in [0.2, 0.25) is 0 Å². The number of halogens is 3. The molecule has 1 unspecified atom stereocenters. The third-order valence-electron chi connectivity index (χ3n) is 2.74. The van der Waals surface area contributed by atoms with Gasteiger partial charge in [-0.25, -0.2) is 0 Å². The number of carbonyl (C=O) groups excluding carboxylic acids is 1. The lowest BCUT2D eigenvalue weighted by molar-refractivity contribution is -0.138. The lowest BCUT2D eigenvalue weighted by Gasteiger charge is -2.14. The Balaban J connectivity index is 2.49. The second-order valence-electron chi connectivity index (χ2n) is 3.74. The minimum absolute atomic E-state index is 0.118. The number of fused-ring (bicyclic) bond motifs is 1. The molecule has 16 heavy (non-hydrogen) atoms. The number of alkyl halides is 3. The van der Waals surface area contributed by atoms with Crippen LogP contribution in [0.15, 0.2) is 18.2 Å². The predicted molar refractivity (Wildman–Crippen MR) is 53.4 cm³/mol. The Hall–Kier alpha value is -1.52. The van der Waals surface area contributed by atoms with Gasteiger partial charge >= 0.3 is 6.18 Å². The lowest BCUT2D eigenvalue weighted by atomic mass is 9.93. The van der Waals surface area contributed by atoms with Crippen LogP contribution in [-0.4, -0.2) is 12.8 Å². The number of carbonyl (C=O) groups is 1. The van der Waals surface area contributed by atoms with Crippen molar-refractivity contribution in [3.05, 3.63) is 29.3 Å². The first-order chi connectivity index (χ1) is 7.54. The molecule has 0 radical (unpaired) electrons. The maximum atomic E-state index is 12.7. The summed E-state index contributed by atoms with van der Waals surface area (Å²) >= 11 is 0. The van der Waals surface area contributed by atoms with Gasteiger partial charge < -0.3 is 10.1 Å². The van der Waals surface area contributed by atoms with E-state index in [1.807, 2.05) is 0 Å². The molecule has 2 rings (SSSR count). The fraction of sp³-hybridized carbons (Fsp3) is 0.364. The highest BCUT2D eigenvalue weighted by Gasteiger charge is 2.38. The van der Waals surface area contributed by atoms with E-state index in [1.165, 1.54) is 6.07 Å². The van der Waals surface area contributed by atoms with E-state index in [-0.39, 0.29) is 17.9 Å². The maximum absolute atomic E-state index is 12.7. The summed E-state index contributed by atoms with van der Waals surface area (Å²) < 4.78 is 38.2. The molecule has 1 aliphatic rings. The van der Waals surface area contributed by atoms with Gasteiger partial charge in [-0.1, -0.05) is 6.07 Å². The van der Waals surface area contributed by atoms with Crippen molar-refractivity contribution in [3.63, 3.8) is 0 Å². The summed E-state index contributed by atoms with van der Waals surface area (Å²) in [5, 5.41) is 2.89. The van der Waals surface area contributed by atoms with Gasteiger partial charge in [-0.2, -0.15) is 13.2 Å². The smallest absolute Gasteiger partial charge is 0.384 e. The molecule has 86 valence electrons. The Kier molecular flexibility index (Phi) is 2.61. The highest BCUT2D eigenvalue weighted by atomic mass is 19.4. The molecule has 0 fully saturated rings. The maximum Gasteiger partial charge on any atom is 0.416 e. The van der Waals surface area contributed by atoms with Crippen LogP contribution < -0.4 is 5.32 Å². The molecule has 1 heterocycles. The zero-order chi connectivity index (χ0) is 11.8. The van der Waals surface area contributed by atoms with Crippen LogP contribution in [0.25, 0.3) is 0 Å². The molecule has 0 saturated heterocycles. The Morgan fingerprint density at radius 2 is 2.19 bits per heavy atom. The summed E-state index contributed by atoms with van der Waals surface area (Å²) in [4.78, 5) is 10.4. The van der Waals surface area contributed by atoms with Crippen molar-refractivity contribution in [2.45, 2.75) is 18.5 Å². The molecule has 1 N–H and O–H groups in total. The molecule has 1 atom stereocenters. The molecule has 1 aromatic rings. The van der Waals surface area contributed by atoms with Crippen molar-refractivity contribution in [1.82, 2.24) is 0 Å². The number of aldehydes is 1. The normalized spacial score (nSPS) is 19.1. The summed E-state index contributed by atoms with van der Waals surface area (Å²) in [6.45, 7) is 0.390. The molecule has 5 heteroatoms. The largest absolute Gasteiger partial charge is 0.416 e. The monoisotopic (exact) mass is 229 g/mol. The van der Waals surface area contributed by atoms with Crippen molar-refractivity contribution in [1.29, 1.82) is 0 Å². The van der Waals surface area contributed by atoms with Gasteiger partial charge in [0.2, 0.25) is 0 Å². The lowest BCUT2D eigenvalue weighted by Crippen LogP contribution is -2.11. The first kappa shape index (κ1) is 11.0. The molecule has 0 amide bonds. The van der Waals surface area contributed by atoms with Crippen molar-refractivity contribution in [3.8, 4) is 0 Å². The molecule has 2 nitrogen and oxygen atoms in total. The third-order valence-corrected chi connectivity index (χ3v) is 2.74. The first-order valence-corrected chi connectivity index (χ1v) is 4.91. The second-order valence-corrected chi connectivity index (χ2v) is 3.74. The van der Waals surface area contributed by atoms with E-state index in [0.29, 0.717) is 18.5 Å². The number of nitrogens with one attached hydrogen (secondary N) is 1. The van der Waals surface area contributed by atoms with E-state index in [4.69, 9.17) is 0 Å². The minimum atomic E-state index is -4.36. The number of hydrogen-bond donors (Lipinski definition) is 1. The van der Waals surface area contributed by atoms with Gasteiger partial charge in [0.05, 0.1) is 5.56 Å². The van der Waals surface area contributed by atoms with Crippen molar-refractivity contribution >= 4 is 12.0 Å². The Morgan fingerprint density at radius 3 is 2.81 bits per heavy atom. The van der Waals surface area contributed by atoms with Gasteiger partial charge in [-0.3, -0.25) is 0 Å². The van der Waals surface area contributed by atoms with Crippen molar-refractivity contribution in [2.75, 3.05) is 11.9 Å². The molecular weight excluding hydrogens is 219 g/mol. The Morgan fingerprint density at radius 1 is 1.44 bits per heavy atom. The van der Waals surface area contributed by atoms with Crippen LogP contribution in [0, 0.1) is 0 Å². The summed E-state index contributed by atoms with van der Waals surface area (Å²) in [5.74, 6) is -0.370. The highest BCUT2D eigenvalue weighted by Crippen LogP contribution is 2.42. The van der Waals surface area contributed by atoms with E-state index < -0.39 is 11.7 Å². The average molecular weight is 229 g/mol. The molecule has 1 aliphatic heterocycles. The van der Waals surface area contributed by atoms with Crippen molar-refractivity contribution in [2.24, 2.45) is 0 Å². The number of anilines is 1. The summed E-state index contributed by atoms with van der Waals surface area (Å²) in [6.07, 6.45) is -3.58. The van der Waals surface area contributed by atoms with Crippen LogP contribution in [0.5, 0.6) is 0 Å². The number of benzene rings is 1. The first-order valence-electron chi connectivity index (χ1n) is 4.91. The molecule has 0 spiro atoms. The van der Waals surface area contributed by atoms with E-state index in [0.717, 1.165) is 6.07 Å². The van der Waals surface area contributed by atoms with Crippen LogP contribution in [-0.2, 0) is 11.0 Å². The Labute approximate surface area is 90.5 Å². The topological polar surface area (TPSA) is 29.1 Å². The molecule has 0 aliphatic carbocycles. The fourth-order valence-electron chi connectivity index (χ4n) is 2.06. The zero-order valence-electron chi connectivity index (χ0n) is 8.34. The van der Waals surface area contributed by atoms with E-state index in [2.05, 4.69) is 5.32 Å². The molecular formula is C11H10F3NO. The molecule has 0 saturated carbocycles. The average Bonchev–Trinajstić information content (AvgIpc) is 2.61. The fourth-order valence-corrected chi connectivity index (χ4v) is 2.06. The summed E-state index contributed by atoms with van der Waals surface area (Å²) in [6, 6.07) is 4.04. The third kappa shape index (κ3) is 1.77. The highest BCUT2D eigenvalue weighted by molar-refractivity contribution is 5.64. The molecule has 1 aromatic carbocycles. The van der Waals surface area contributed by atoms with Gasteiger partial charge in [0.15, 0.2) is 0 Å². The minimum Gasteiger partial charge on any atom is -0.384 e.